The number of aromatic carboxylic acids is 1. The van der Waals surface area contributed by atoms with Crippen molar-refractivity contribution in [2.75, 3.05) is 25.3 Å². The van der Waals surface area contributed by atoms with Crippen molar-refractivity contribution in [3.63, 3.8) is 0 Å². The molecule has 1 heterocycles. The van der Waals surface area contributed by atoms with Crippen molar-refractivity contribution in [1.82, 2.24) is 0 Å². The maximum Gasteiger partial charge on any atom is 0.335 e. The predicted octanol–water partition coefficient (Wildman–Crippen LogP) is 5.14. The molecule has 1 N–H and O–H groups in total. The van der Waals surface area contributed by atoms with E-state index in [1.54, 1.807) is 37.4 Å². The molecular formula is C29H31NO5. The van der Waals surface area contributed by atoms with E-state index in [1.165, 1.54) is 0 Å². The summed E-state index contributed by atoms with van der Waals surface area (Å²) in [6.07, 6.45) is 1.41. The minimum Gasteiger partial charge on any atom is -0.478 e. The fraction of sp³-hybridized carbons (Fsp3) is 0.345. The minimum atomic E-state index is -0.939. The lowest BCUT2D eigenvalue weighted by Gasteiger charge is -2.47. The highest BCUT2D eigenvalue weighted by atomic mass is 16.5. The summed E-state index contributed by atoms with van der Waals surface area (Å²) in [7, 11) is 1.65. The van der Waals surface area contributed by atoms with Crippen molar-refractivity contribution in [1.29, 1.82) is 0 Å². The lowest BCUT2D eigenvalue weighted by Crippen LogP contribution is -2.57. The molecule has 2 aliphatic rings. The summed E-state index contributed by atoms with van der Waals surface area (Å²) in [5, 5.41) is 10.6. The van der Waals surface area contributed by atoms with E-state index in [9.17, 15) is 14.4 Å². The SMILES string of the molecule is COCN1CC2(Cc3c1ccc1ccccc31)C(=O)CC(C)(C)CC2=O.O=C(O)c1ccccc1. The van der Waals surface area contributed by atoms with Crippen LogP contribution in [-0.4, -0.2) is 43.0 Å². The van der Waals surface area contributed by atoms with Gasteiger partial charge in [0.1, 0.15) is 23.7 Å². The highest BCUT2D eigenvalue weighted by molar-refractivity contribution is 6.11. The molecule has 3 aromatic rings. The molecule has 3 aromatic carbocycles. The molecule has 0 atom stereocenters. The van der Waals surface area contributed by atoms with E-state index in [4.69, 9.17) is 9.84 Å². The van der Waals surface area contributed by atoms with Gasteiger partial charge in [-0.25, -0.2) is 4.79 Å². The van der Waals surface area contributed by atoms with Crippen LogP contribution < -0.4 is 4.90 Å². The summed E-state index contributed by atoms with van der Waals surface area (Å²) in [6, 6.07) is 20.7. The maximum absolute atomic E-state index is 13.2. The fourth-order valence-corrected chi connectivity index (χ4v) is 5.23. The predicted molar refractivity (Wildman–Crippen MR) is 136 cm³/mol. The Labute approximate surface area is 205 Å². The van der Waals surface area contributed by atoms with E-state index in [0.29, 0.717) is 38.1 Å². The van der Waals surface area contributed by atoms with Crippen LogP contribution in [0.5, 0.6) is 0 Å². The van der Waals surface area contributed by atoms with Crippen molar-refractivity contribution in [2.24, 2.45) is 10.8 Å². The van der Waals surface area contributed by atoms with Gasteiger partial charge in [0.2, 0.25) is 0 Å². The Hall–Kier alpha value is -3.51. The van der Waals surface area contributed by atoms with Crippen LogP contribution in [0, 0.1) is 10.8 Å². The second kappa shape index (κ2) is 9.62. The molecule has 0 aromatic heterocycles. The van der Waals surface area contributed by atoms with Gasteiger partial charge in [0.15, 0.2) is 0 Å². The van der Waals surface area contributed by atoms with Gasteiger partial charge >= 0.3 is 5.97 Å². The van der Waals surface area contributed by atoms with Crippen molar-refractivity contribution >= 4 is 34.0 Å². The van der Waals surface area contributed by atoms with E-state index < -0.39 is 11.4 Å². The molecular weight excluding hydrogens is 442 g/mol. The second-order valence-electron chi connectivity index (χ2n) is 10.2. The Balaban J connectivity index is 0.000000271. The first-order valence-electron chi connectivity index (χ1n) is 11.8. The van der Waals surface area contributed by atoms with Gasteiger partial charge in [-0.05, 0) is 46.4 Å². The molecule has 1 aliphatic carbocycles. The number of nitrogens with zero attached hydrogens (tertiary/aromatic N) is 1. The molecule has 0 amide bonds. The Morgan fingerprint density at radius 2 is 1.54 bits per heavy atom. The molecule has 0 radical (unpaired) electrons. The number of carboxylic acids is 1. The number of Topliss-reactive ketones (excluding diaryl/α,β-unsaturated/α-hetero) is 2. The molecule has 1 spiro atoms. The zero-order valence-corrected chi connectivity index (χ0v) is 20.4. The Bertz CT molecular complexity index is 1240. The fourth-order valence-electron chi connectivity index (χ4n) is 5.23. The standard InChI is InChI=1S/C22H25NO3.C7H6O2/c1-21(2)11-19(24)22(20(25)12-21)10-17-16-7-5-4-6-15(16)8-9-18(17)23(13-22)14-26-3;8-7(9)6-4-2-1-3-5-6/h4-9H,10-14H2,1-3H3;1-5H,(H,8,9). The summed E-state index contributed by atoms with van der Waals surface area (Å²) in [6.45, 7) is 4.81. The van der Waals surface area contributed by atoms with Crippen LogP contribution in [0.1, 0.15) is 42.6 Å². The molecule has 1 fully saturated rings. The van der Waals surface area contributed by atoms with Gasteiger partial charge in [0, 0.05) is 32.2 Å². The first-order chi connectivity index (χ1) is 16.7. The van der Waals surface area contributed by atoms with Gasteiger partial charge in [-0.2, -0.15) is 0 Å². The van der Waals surface area contributed by atoms with Crippen LogP contribution in [-0.2, 0) is 20.7 Å². The van der Waals surface area contributed by atoms with E-state index in [1.807, 2.05) is 26.0 Å². The number of hydrogen-bond acceptors (Lipinski definition) is 5. The summed E-state index contributed by atoms with van der Waals surface area (Å²) in [4.78, 5) is 38.7. The van der Waals surface area contributed by atoms with E-state index in [0.717, 1.165) is 22.0 Å². The molecule has 182 valence electrons. The highest BCUT2D eigenvalue weighted by Crippen LogP contribution is 2.48. The number of fused-ring (bicyclic) bond motifs is 3. The first kappa shape index (κ1) is 24.6. The van der Waals surface area contributed by atoms with Gasteiger partial charge in [-0.3, -0.25) is 9.59 Å². The topological polar surface area (TPSA) is 83.9 Å². The number of ether oxygens (including phenoxy) is 1. The zero-order chi connectivity index (χ0) is 25.2. The van der Waals surface area contributed by atoms with Gasteiger partial charge in [0.25, 0.3) is 0 Å². The Kier molecular flexibility index (Phi) is 6.77. The van der Waals surface area contributed by atoms with E-state index >= 15 is 0 Å². The van der Waals surface area contributed by atoms with Crippen molar-refractivity contribution in [3.05, 3.63) is 77.9 Å². The van der Waals surface area contributed by atoms with Crippen molar-refractivity contribution < 1.29 is 24.2 Å². The molecule has 0 saturated heterocycles. The summed E-state index contributed by atoms with van der Waals surface area (Å²) in [5.41, 5.74) is 1.31. The van der Waals surface area contributed by atoms with Crippen molar-refractivity contribution in [3.8, 4) is 0 Å². The number of benzene rings is 3. The first-order valence-corrected chi connectivity index (χ1v) is 11.8. The molecule has 0 unspecified atom stereocenters. The Morgan fingerprint density at radius 1 is 0.914 bits per heavy atom. The molecule has 6 heteroatoms. The maximum atomic E-state index is 13.2. The zero-order valence-electron chi connectivity index (χ0n) is 20.4. The minimum absolute atomic E-state index is 0.0819. The lowest BCUT2D eigenvalue weighted by atomic mass is 9.60. The van der Waals surface area contributed by atoms with E-state index in [2.05, 4.69) is 29.2 Å². The number of carboxylic acid groups (broad SMARTS) is 1. The number of carbonyl (C=O) groups is 3. The third-order valence-electron chi connectivity index (χ3n) is 6.95. The number of hydrogen-bond donors (Lipinski definition) is 1. The molecule has 1 aliphatic heterocycles. The normalized spacial score (nSPS) is 18.1. The van der Waals surface area contributed by atoms with Gasteiger partial charge in [-0.15, -0.1) is 0 Å². The van der Waals surface area contributed by atoms with Crippen LogP contribution in [0.3, 0.4) is 0 Å². The smallest absolute Gasteiger partial charge is 0.335 e. The van der Waals surface area contributed by atoms with Crippen LogP contribution in [0.25, 0.3) is 10.8 Å². The molecule has 5 rings (SSSR count). The molecule has 1 saturated carbocycles. The largest absolute Gasteiger partial charge is 0.478 e. The number of rotatable bonds is 3. The highest BCUT2D eigenvalue weighted by Gasteiger charge is 2.54. The number of ketones is 2. The third-order valence-corrected chi connectivity index (χ3v) is 6.95. The van der Waals surface area contributed by atoms with Crippen LogP contribution in [0.4, 0.5) is 5.69 Å². The average molecular weight is 474 g/mol. The molecule has 35 heavy (non-hydrogen) atoms. The molecule has 0 bridgehead atoms. The molecule has 6 nitrogen and oxygen atoms in total. The van der Waals surface area contributed by atoms with Crippen LogP contribution in [0.15, 0.2) is 66.7 Å². The lowest BCUT2D eigenvalue weighted by molar-refractivity contribution is -0.148. The monoisotopic (exact) mass is 473 g/mol. The van der Waals surface area contributed by atoms with Crippen molar-refractivity contribution in [2.45, 2.75) is 33.1 Å². The van der Waals surface area contributed by atoms with Crippen LogP contribution >= 0.6 is 0 Å². The van der Waals surface area contributed by atoms with Gasteiger partial charge in [0.05, 0.1) is 5.56 Å². The summed E-state index contributed by atoms with van der Waals surface area (Å²) >= 11 is 0. The second-order valence-corrected chi connectivity index (χ2v) is 10.2. The number of methoxy groups -OCH3 is 1. The third kappa shape index (κ3) is 4.84. The van der Waals surface area contributed by atoms with Gasteiger partial charge in [-0.1, -0.05) is 62.4 Å². The average Bonchev–Trinajstić information content (AvgIpc) is 2.83. The Morgan fingerprint density at radius 3 is 2.14 bits per heavy atom. The number of anilines is 1. The van der Waals surface area contributed by atoms with Crippen LogP contribution in [0.2, 0.25) is 0 Å². The number of carbonyl (C=O) groups excluding carboxylic acids is 2. The van der Waals surface area contributed by atoms with Gasteiger partial charge < -0.3 is 14.7 Å². The van der Waals surface area contributed by atoms with E-state index in [-0.39, 0.29) is 17.0 Å². The quantitative estimate of drug-likeness (QED) is 0.531. The summed E-state index contributed by atoms with van der Waals surface area (Å²) in [5.74, 6) is -0.715. The summed E-state index contributed by atoms with van der Waals surface area (Å²) < 4.78 is 5.40.